The van der Waals surface area contributed by atoms with E-state index in [1.165, 1.54) is 23.4 Å². The summed E-state index contributed by atoms with van der Waals surface area (Å²) in [6, 6.07) is 14.8. The minimum atomic E-state index is -0.464. The Morgan fingerprint density at radius 3 is 2.54 bits per heavy atom. The zero-order valence-electron chi connectivity index (χ0n) is 14.1. The predicted molar refractivity (Wildman–Crippen MR) is 94.7 cm³/mol. The van der Waals surface area contributed by atoms with E-state index in [2.05, 4.69) is 52.8 Å². The number of amides is 3. The average molecular weight is 325 g/mol. The van der Waals surface area contributed by atoms with Crippen molar-refractivity contribution in [1.82, 2.24) is 15.5 Å². The van der Waals surface area contributed by atoms with Gasteiger partial charge >= 0.3 is 6.03 Å². The van der Waals surface area contributed by atoms with Gasteiger partial charge in [-0.15, -0.1) is 0 Å². The molecule has 1 saturated carbocycles. The van der Waals surface area contributed by atoms with Crippen molar-refractivity contribution in [2.75, 3.05) is 13.6 Å². The Morgan fingerprint density at radius 2 is 1.88 bits per heavy atom. The maximum Gasteiger partial charge on any atom is 0.321 e. The molecular formula is C19H23N3O2. The van der Waals surface area contributed by atoms with Crippen LogP contribution in [-0.2, 0) is 4.79 Å². The van der Waals surface area contributed by atoms with Crippen molar-refractivity contribution in [2.45, 2.75) is 31.8 Å². The molecule has 1 atom stereocenters. The minimum Gasteiger partial charge on any atom is -0.341 e. The van der Waals surface area contributed by atoms with Crippen LogP contribution in [0.4, 0.5) is 4.79 Å². The van der Waals surface area contributed by atoms with Crippen molar-refractivity contribution >= 4 is 22.7 Å². The second-order valence-corrected chi connectivity index (χ2v) is 6.31. The first-order valence-corrected chi connectivity index (χ1v) is 8.34. The molecule has 1 aliphatic rings. The molecule has 0 radical (unpaired) electrons. The Morgan fingerprint density at radius 1 is 1.17 bits per heavy atom. The third kappa shape index (κ3) is 3.74. The van der Waals surface area contributed by atoms with Crippen LogP contribution in [0.15, 0.2) is 42.5 Å². The molecule has 0 spiro atoms. The summed E-state index contributed by atoms with van der Waals surface area (Å²) in [4.78, 5) is 25.6. The van der Waals surface area contributed by atoms with Crippen molar-refractivity contribution in [1.29, 1.82) is 0 Å². The highest BCUT2D eigenvalue weighted by Gasteiger charge is 2.34. The molecule has 1 fully saturated rings. The highest BCUT2D eigenvalue weighted by molar-refractivity contribution is 5.95. The Kier molecular flexibility index (Phi) is 4.81. The lowest BCUT2D eigenvalue weighted by Crippen LogP contribution is -2.44. The lowest BCUT2D eigenvalue weighted by molar-refractivity contribution is -0.121. The predicted octanol–water partition coefficient (Wildman–Crippen LogP) is 2.82. The number of benzene rings is 2. The summed E-state index contributed by atoms with van der Waals surface area (Å²) in [5.41, 5.74) is 1.19. The molecule has 0 aromatic heterocycles. The largest absolute Gasteiger partial charge is 0.341 e. The van der Waals surface area contributed by atoms with Crippen LogP contribution in [0.25, 0.3) is 10.8 Å². The van der Waals surface area contributed by atoms with Gasteiger partial charge < -0.3 is 5.32 Å². The molecule has 126 valence electrons. The molecule has 2 aromatic rings. The number of carbonyl (C=O) groups is 2. The van der Waals surface area contributed by atoms with E-state index >= 15 is 0 Å². The molecular weight excluding hydrogens is 302 g/mol. The van der Waals surface area contributed by atoms with Gasteiger partial charge in [0.1, 0.15) is 0 Å². The summed E-state index contributed by atoms with van der Waals surface area (Å²) in [7, 11) is 1.50. The fourth-order valence-corrected chi connectivity index (χ4v) is 3.04. The molecule has 0 aliphatic heterocycles. The van der Waals surface area contributed by atoms with Gasteiger partial charge in [0.2, 0.25) is 5.91 Å². The summed E-state index contributed by atoms with van der Waals surface area (Å²) >= 11 is 0. The average Bonchev–Trinajstić information content (AvgIpc) is 3.43. The zero-order valence-corrected chi connectivity index (χ0v) is 14.1. The van der Waals surface area contributed by atoms with Gasteiger partial charge in [-0.3, -0.25) is 15.0 Å². The summed E-state index contributed by atoms with van der Waals surface area (Å²) in [5.74, 6) is -0.270. The van der Waals surface area contributed by atoms with Crippen LogP contribution in [0.3, 0.4) is 0 Å². The third-order valence-corrected chi connectivity index (χ3v) is 4.58. The Bertz CT molecular complexity index is 755. The van der Waals surface area contributed by atoms with E-state index in [4.69, 9.17) is 0 Å². The molecule has 5 nitrogen and oxygen atoms in total. The summed E-state index contributed by atoms with van der Waals surface area (Å²) in [5, 5.41) is 7.17. The number of hydrogen-bond acceptors (Lipinski definition) is 3. The van der Waals surface area contributed by atoms with Gasteiger partial charge in [0.25, 0.3) is 0 Å². The third-order valence-electron chi connectivity index (χ3n) is 4.58. The van der Waals surface area contributed by atoms with Crippen LogP contribution in [-0.4, -0.2) is 36.5 Å². The van der Waals surface area contributed by atoms with Gasteiger partial charge in [-0.25, -0.2) is 4.79 Å². The maximum atomic E-state index is 12.1. The standard InChI is InChI=1S/C19H23N3O2/c1-13(15-8-7-14-5-3-4-6-16(14)11-15)22(17-9-10-17)12-18(23)21-19(24)20-2/h3-8,11,13,17H,9-10,12H2,1-2H3,(H2,20,21,23,24). The van der Waals surface area contributed by atoms with Crippen LogP contribution in [0, 0.1) is 0 Å². The molecule has 3 rings (SSSR count). The number of carbonyl (C=O) groups excluding carboxylic acids is 2. The van der Waals surface area contributed by atoms with Crippen molar-refractivity contribution in [3.63, 3.8) is 0 Å². The van der Waals surface area contributed by atoms with E-state index in [9.17, 15) is 9.59 Å². The van der Waals surface area contributed by atoms with Crippen LogP contribution >= 0.6 is 0 Å². The van der Waals surface area contributed by atoms with E-state index in [-0.39, 0.29) is 18.5 Å². The summed E-state index contributed by atoms with van der Waals surface area (Å²) in [6.07, 6.45) is 2.20. The molecule has 2 N–H and O–H groups in total. The van der Waals surface area contributed by atoms with Gasteiger partial charge in [0.05, 0.1) is 6.54 Å². The molecule has 0 bridgehead atoms. The van der Waals surface area contributed by atoms with Gasteiger partial charge in [-0.1, -0.05) is 36.4 Å². The Balaban J connectivity index is 1.77. The first kappa shape index (κ1) is 16.5. The molecule has 5 heteroatoms. The van der Waals surface area contributed by atoms with Gasteiger partial charge in [0, 0.05) is 19.1 Å². The topological polar surface area (TPSA) is 61.4 Å². The Labute approximate surface area is 142 Å². The fraction of sp³-hybridized carbons (Fsp3) is 0.368. The number of hydrogen-bond donors (Lipinski definition) is 2. The molecule has 1 unspecified atom stereocenters. The van der Waals surface area contributed by atoms with E-state index in [1.54, 1.807) is 0 Å². The lowest BCUT2D eigenvalue weighted by atomic mass is 10.0. The highest BCUT2D eigenvalue weighted by Crippen LogP contribution is 2.34. The van der Waals surface area contributed by atoms with Crippen molar-refractivity contribution in [2.24, 2.45) is 0 Å². The number of nitrogens with zero attached hydrogens (tertiary/aromatic N) is 1. The molecule has 2 aromatic carbocycles. The molecule has 3 amide bonds. The highest BCUT2D eigenvalue weighted by atomic mass is 16.2. The number of nitrogens with one attached hydrogen (secondary N) is 2. The SMILES string of the molecule is CNC(=O)NC(=O)CN(C1CC1)C(C)c1ccc2ccccc2c1. The molecule has 0 saturated heterocycles. The Hall–Kier alpha value is -2.40. The second-order valence-electron chi connectivity index (χ2n) is 6.31. The second kappa shape index (κ2) is 7.01. The van der Waals surface area contributed by atoms with Crippen LogP contribution in [0.5, 0.6) is 0 Å². The summed E-state index contributed by atoms with van der Waals surface area (Å²) in [6.45, 7) is 2.35. The maximum absolute atomic E-state index is 12.1. The number of fused-ring (bicyclic) bond motifs is 1. The van der Waals surface area contributed by atoms with Crippen LogP contribution < -0.4 is 10.6 Å². The molecule has 0 heterocycles. The number of urea groups is 1. The monoisotopic (exact) mass is 325 g/mol. The number of imide groups is 1. The lowest BCUT2D eigenvalue weighted by Gasteiger charge is -2.29. The van der Waals surface area contributed by atoms with E-state index in [1.807, 2.05) is 12.1 Å². The minimum absolute atomic E-state index is 0.123. The van der Waals surface area contributed by atoms with E-state index < -0.39 is 6.03 Å². The van der Waals surface area contributed by atoms with Crippen molar-refractivity contribution in [3.05, 3.63) is 48.0 Å². The van der Waals surface area contributed by atoms with Gasteiger partial charge in [0.15, 0.2) is 0 Å². The van der Waals surface area contributed by atoms with Gasteiger partial charge in [-0.2, -0.15) is 0 Å². The van der Waals surface area contributed by atoms with E-state index in [0.29, 0.717) is 6.04 Å². The zero-order chi connectivity index (χ0) is 17.1. The quantitative estimate of drug-likeness (QED) is 0.888. The normalized spacial score (nSPS) is 15.3. The summed E-state index contributed by atoms with van der Waals surface area (Å²) < 4.78 is 0. The first-order valence-electron chi connectivity index (χ1n) is 8.34. The van der Waals surface area contributed by atoms with Crippen LogP contribution in [0.2, 0.25) is 0 Å². The van der Waals surface area contributed by atoms with E-state index in [0.717, 1.165) is 12.8 Å². The smallest absolute Gasteiger partial charge is 0.321 e. The van der Waals surface area contributed by atoms with Crippen molar-refractivity contribution in [3.8, 4) is 0 Å². The van der Waals surface area contributed by atoms with Crippen molar-refractivity contribution < 1.29 is 9.59 Å². The number of rotatable bonds is 5. The van der Waals surface area contributed by atoms with Crippen LogP contribution in [0.1, 0.15) is 31.4 Å². The van der Waals surface area contributed by atoms with Gasteiger partial charge in [-0.05, 0) is 42.2 Å². The molecule has 1 aliphatic carbocycles. The first-order chi connectivity index (χ1) is 11.6. The molecule has 24 heavy (non-hydrogen) atoms. The fourth-order valence-electron chi connectivity index (χ4n) is 3.04.